The van der Waals surface area contributed by atoms with E-state index < -0.39 is 10.0 Å². The van der Waals surface area contributed by atoms with Gasteiger partial charge in [0.2, 0.25) is 10.0 Å². The van der Waals surface area contributed by atoms with Crippen LogP contribution in [0.2, 0.25) is 0 Å². The van der Waals surface area contributed by atoms with Gasteiger partial charge in [0.25, 0.3) is 0 Å². The molecule has 0 aliphatic carbocycles. The Balaban J connectivity index is 2.97. The minimum Gasteiger partial charge on any atom is -0.495 e. The summed E-state index contributed by atoms with van der Waals surface area (Å²) in [5.41, 5.74) is 1.96. The fraction of sp³-hybridized carbons (Fsp3) is 0.571. The van der Waals surface area contributed by atoms with Gasteiger partial charge in [0.1, 0.15) is 10.6 Å². The molecule has 108 valence electrons. The summed E-state index contributed by atoms with van der Waals surface area (Å²) in [5, 5.41) is 0. The molecule has 0 aliphatic heterocycles. The van der Waals surface area contributed by atoms with E-state index >= 15 is 0 Å². The summed E-state index contributed by atoms with van der Waals surface area (Å²) in [4.78, 5) is 0.217. The zero-order chi connectivity index (χ0) is 14.5. The predicted octanol–water partition coefficient (Wildman–Crippen LogP) is 2.78. The van der Waals surface area contributed by atoms with Crippen molar-refractivity contribution in [2.45, 2.75) is 44.9 Å². The number of aryl methyl sites for hydroxylation is 2. The number of benzene rings is 1. The Morgan fingerprint density at radius 1 is 1.16 bits per heavy atom. The van der Waals surface area contributed by atoms with Gasteiger partial charge in [-0.25, -0.2) is 13.1 Å². The first kappa shape index (κ1) is 16.0. The number of unbranched alkanes of at least 4 members (excludes halogenated alkanes) is 2. The van der Waals surface area contributed by atoms with Gasteiger partial charge in [0.15, 0.2) is 0 Å². The lowest BCUT2D eigenvalue weighted by Crippen LogP contribution is -2.25. The Morgan fingerprint density at radius 2 is 1.79 bits per heavy atom. The van der Waals surface area contributed by atoms with E-state index in [-0.39, 0.29) is 4.90 Å². The summed E-state index contributed by atoms with van der Waals surface area (Å²) in [6.07, 6.45) is 2.93. The van der Waals surface area contributed by atoms with E-state index in [0.29, 0.717) is 12.3 Å². The number of methoxy groups -OCH3 is 1. The van der Waals surface area contributed by atoms with Gasteiger partial charge in [0.05, 0.1) is 7.11 Å². The van der Waals surface area contributed by atoms with Gasteiger partial charge in [-0.1, -0.05) is 19.8 Å². The number of nitrogens with one attached hydrogen (secondary N) is 1. The van der Waals surface area contributed by atoms with Crippen LogP contribution >= 0.6 is 0 Å². The third kappa shape index (κ3) is 4.21. The lowest BCUT2D eigenvalue weighted by molar-refractivity contribution is 0.401. The summed E-state index contributed by atoms with van der Waals surface area (Å²) in [6.45, 7) is 6.38. The highest BCUT2D eigenvalue weighted by molar-refractivity contribution is 7.89. The summed E-state index contributed by atoms with van der Waals surface area (Å²) >= 11 is 0. The highest BCUT2D eigenvalue weighted by Gasteiger charge is 2.19. The molecule has 0 bridgehead atoms. The molecular weight excluding hydrogens is 262 g/mol. The Bertz CT molecular complexity index is 524. The molecule has 0 amide bonds. The van der Waals surface area contributed by atoms with Crippen molar-refractivity contribution in [3.63, 3.8) is 0 Å². The zero-order valence-corrected chi connectivity index (χ0v) is 12.9. The highest BCUT2D eigenvalue weighted by atomic mass is 32.2. The van der Waals surface area contributed by atoms with E-state index in [2.05, 4.69) is 11.6 Å². The Hall–Kier alpha value is -1.07. The second kappa shape index (κ2) is 6.91. The molecule has 0 atom stereocenters. The Morgan fingerprint density at radius 3 is 2.37 bits per heavy atom. The summed E-state index contributed by atoms with van der Waals surface area (Å²) in [5.74, 6) is 0.395. The minimum absolute atomic E-state index is 0.217. The van der Waals surface area contributed by atoms with Crippen LogP contribution in [0.25, 0.3) is 0 Å². The van der Waals surface area contributed by atoms with Crippen molar-refractivity contribution in [2.75, 3.05) is 13.7 Å². The molecular formula is C14H23NO3S. The van der Waals surface area contributed by atoms with Crippen LogP contribution in [0.15, 0.2) is 17.0 Å². The molecule has 0 aliphatic rings. The van der Waals surface area contributed by atoms with Gasteiger partial charge in [-0.3, -0.25) is 0 Å². The van der Waals surface area contributed by atoms with E-state index in [0.717, 1.165) is 30.4 Å². The van der Waals surface area contributed by atoms with Gasteiger partial charge in [-0.15, -0.1) is 0 Å². The number of rotatable bonds is 7. The summed E-state index contributed by atoms with van der Waals surface area (Å²) in [6, 6.07) is 3.42. The highest BCUT2D eigenvalue weighted by Crippen LogP contribution is 2.27. The molecule has 0 aromatic heterocycles. The maximum absolute atomic E-state index is 12.2. The Labute approximate surface area is 116 Å². The van der Waals surface area contributed by atoms with Gasteiger partial charge >= 0.3 is 0 Å². The molecule has 4 nitrogen and oxygen atoms in total. The first-order chi connectivity index (χ1) is 8.92. The second-order valence-corrected chi connectivity index (χ2v) is 6.43. The van der Waals surface area contributed by atoms with Gasteiger partial charge in [0, 0.05) is 6.54 Å². The van der Waals surface area contributed by atoms with Gasteiger partial charge in [-0.2, -0.15) is 0 Å². The van der Waals surface area contributed by atoms with Crippen LogP contribution in [0.5, 0.6) is 5.75 Å². The fourth-order valence-electron chi connectivity index (χ4n) is 1.79. The molecule has 1 aromatic carbocycles. The average Bonchev–Trinajstić information content (AvgIpc) is 2.37. The maximum atomic E-state index is 12.2. The van der Waals surface area contributed by atoms with E-state index in [1.807, 2.05) is 13.8 Å². The Kier molecular flexibility index (Phi) is 5.82. The van der Waals surface area contributed by atoms with Crippen molar-refractivity contribution in [1.29, 1.82) is 0 Å². The molecule has 0 heterocycles. The molecule has 5 heteroatoms. The fourth-order valence-corrected chi connectivity index (χ4v) is 3.10. The van der Waals surface area contributed by atoms with Gasteiger partial charge in [-0.05, 0) is 43.5 Å². The third-order valence-corrected chi connectivity index (χ3v) is 4.62. The first-order valence-electron chi connectivity index (χ1n) is 6.57. The SMILES string of the molecule is CCCCCNS(=O)(=O)c1cc(C)c(C)cc1OC. The third-order valence-electron chi connectivity index (χ3n) is 3.14. The second-order valence-electron chi connectivity index (χ2n) is 4.69. The molecule has 0 saturated carbocycles. The van der Waals surface area contributed by atoms with Crippen LogP contribution in [-0.4, -0.2) is 22.1 Å². The van der Waals surface area contributed by atoms with Crippen molar-refractivity contribution < 1.29 is 13.2 Å². The molecule has 19 heavy (non-hydrogen) atoms. The van der Waals surface area contributed by atoms with E-state index in [1.165, 1.54) is 7.11 Å². The van der Waals surface area contributed by atoms with Crippen LogP contribution in [0.3, 0.4) is 0 Å². The molecule has 1 rings (SSSR count). The average molecular weight is 285 g/mol. The van der Waals surface area contributed by atoms with Crippen LogP contribution in [0.4, 0.5) is 0 Å². The smallest absolute Gasteiger partial charge is 0.244 e. The maximum Gasteiger partial charge on any atom is 0.244 e. The standard InChI is InChI=1S/C14H23NO3S/c1-5-6-7-8-15-19(16,17)14-10-12(3)11(2)9-13(14)18-4/h9-10,15H,5-8H2,1-4H3. The van der Waals surface area contributed by atoms with Crippen molar-refractivity contribution in [3.8, 4) is 5.75 Å². The quantitative estimate of drug-likeness (QED) is 0.784. The molecule has 0 saturated heterocycles. The minimum atomic E-state index is -3.50. The van der Waals surface area contributed by atoms with Crippen molar-refractivity contribution >= 4 is 10.0 Å². The number of sulfonamides is 1. The van der Waals surface area contributed by atoms with Gasteiger partial charge < -0.3 is 4.74 Å². The lowest BCUT2D eigenvalue weighted by atomic mass is 10.1. The predicted molar refractivity (Wildman–Crippen MR) is 77.2 cm³/mol. The monoisotopic (exact) mass is 285 g/mol. The van der Waals surface area contributed by atoms with Crippen LogP contribution in [0, 0.1) is 13.8 Å². The van der Waals surface area contributed by atoms with Crippen LogP contribution < -0.4 is 9.46 Å². The molecule has 0 unspecified atom stereocenters. The molecule has 1 aromatic rings. The largest absolute Gasteiger partial charge is 0.495 e. The summed E-state index contributed by atoms with van der Waals surface area (Å²) in [7, 11) is -2.01. The van der Waals surface area contributed by atoms with Crippen LogP contribution in [0.1, 0.15) is 37.3 Å². The molecule has 0 fully saturated rings. The zero-order valence-electron chi connectivity index (χ0n) is 12.1. The number of ether oxygens (including phenoxy) is 1. The number of hydrogen-bond donors (Lipinski definition) is 1. The summed E-state index contributed by atoms with van der Waals surface area (Å²) < 4.78 is 32.3. The topological polar surface area (TPSA) is 55.4 Å². The molecule has 0 radical (unpaired) electrons. The number of hydrogen-bond acceptors (Lipinski definition) is 3. The van der Waals surface area contributed by atoms with E-state index in [9.17, 15) is 8.42 Å². The first-order valence-corrected chi connectivity index (χ1v) is 8.05. The van der Waals surface area contributed by atoms with E-state index in [4.69, 9.17) is 4.74 Å². The molecule has 1 N–H and O–H groups in total. The molecule has 0 spiro atoms. The van der Waals surface area contributed by atoms with E-state index in [1.54, 1.807) is 12.1 Å². The van der Waals surface area contributed by atoms with Crippen molar-refractivity contribution in [1.82, 2.24) is 4.72 Å². The normalized spacial score (nSPS) is 11.6. The van der Waals surface area contributed by atoms with Crippen molar-refractivity contribution in [2.24, 2.45) is 0 Å². The lowest BCUT2D eigenvalue weighted by Gasteiger charge is -2.13. The van der Waals surface area contributed by atoms with Crippen LogP contribution in [-0.2, 0) is 10.0 Å². The van der Waals surface area contributed by atoms with Crippen molar-refractivity contribution in [3.05, 3.63) is 23.3 Å².